The van der Waals surface area contributed by atoms with Gasteiger partial charge in [-0.05, 0) is 12.0 Å². The van der Waals surface area contributed by atoms with Gasteiger partial charge in [-0.2, -0.15) is 0 Å². The molecule has 1 amide bonds. The molecule has 2 aliphatic rings. The van der Waals surface area contributed by atoms with Crippen LogP contribution in [0.4, 0.5) is 0 Å². The molecule has 2 fully saturated rings. The quantitative estimate of drug-likeness (QED) is 0.833. The molecule has 0 aromatic heterocycles. The number of likely N-dealkylation sites (tertiary alicyclic amines) is 1. The molecular formula is C14H18N2O. The van der Waals surface area contributed by atoms with Crippen LogP contribution < -0.4 is 5.32 Å². The molecule has 1 aromatic carbocycles. The van der Waals surface area contributed by atoms with Crippen molar-refractivity contribution in [3.05, 3.63) is 35.9 Å². The minimum atomic E-state index is 0.238. The second kappa shape index (κ2) is 4.49. The number of rotatable bonds is 2. The van der Waals surface area contributed by atoms with Crippen molar-refractivity contribution in [2.24, 2.45) is 5.92 Å². The summed E-state index contributed by atoms with van der Waals surface area (Å²) < 4.78 is 0. The van der Waals surface area contributed by atoms with Crippen molar-refractivity contribution in [3.8, 4) is 0 Å². The molecule has 1 aromatic rings. The lowest BCUT2D eigenvalue weighted by molar-refractivity contribution is -0.119. The molecule has 0 saturated carbocycles. The minimum Gasteiger partial charge on any atom is -0.353 e. The number of piperidine rings is 1. The summed E-state index contributed by atoms with van der Waals surface area (Å²) in [6.45, 7) is 3.16. The van der Waals surface area contributed by atoms with E-state index in [2.05, 4.69) is 40.5 Å². The van der Waals surface area contributed by atoms with Crippen LogP contribution in [-0.2, 0) is 11.3 Å². The maximum absolute atomic E-state index is 11.3. The number of fused-ring (bicyclic) bond motifs is 1. The van der Waals surface area contributed by atoms with Gasteiger partial charge in [0, 0.05) is 38.0 Å². The van der Waals surface area contributed by atoms with Gasteiger partial charge in [-0.25, -0.2) is 0 Å². The Balaban J connectivity index is 1.61. The van der Waals surface area contributed by atoms with E-state index < -0.39 is 0 Å². The van der Waals surface area contributed by atoms with Crippen molar-refractivity contribution in [1.82, 2.24) is 10.2 Å². The van der Waals surface area contributed by atoms with Crippen molar-refractivity contribution in [1.29, 1.82) is 0 Å². The van der Waals surface area contributed by atoms with Crippen molar-refractivity contribution in [3.63, 3.8) is 0 Å². The van der Waals surface area contributed by atoms with E-state index in [1.165, 1.54) is 5.56 Å². The Kier molecular flexibility index (Phi) is 2.85. The zero-order valence-electron chi connectivity index (χ0n) is 9.93. The first-order valence-corrected chi connectivity index (χ1v) is 6.37. The Morgan fingerprint density at radius 1 is 1.29 bits per heavy atom. The first kappa shape index (κ1) is 10.8. The van der Waals surface area contributed by atoms with Gasteiger partial charge in [0.15, 0.2) is 0 Å². The maximum Gasteiger partial charge on any atom is 0.220 e. The van der Waals surface area contributed by atoms with Crippen LogP contribution in [0.3, 0.4) is 0 Å². The fraction of sp³-hybridized carbons (Fsp3) is 0.500. The number of hydrogen-bond donors (Lipinski definition) is 1. The number of nitrogens with zero attached hydrogens (tertiary/aromatic N) is 1. The van der Waals surface area contributed by atoms with E-state index in [-0.39, 0.29) is 5.91 Å². The summed E-state index contributed by atoms with van der Waals surface area (Å²) in [6, 6.07) is 11.0. The third kappa shape index (κ3) is 2.34. The molecule has 0 bridgehead atoms. The summed E-state index contributed by atoms with van der Waals surface area (Å²) in [5.74, 6) is 0.765. The average molecular weight is 230 g/mol. The lowest BCUT2D eigenvalue weighted by Crippen LogP contribution is -2.44. The van der Waals surface area contributed by atoms with Crippen LogP contribution in [0.25, 0.3) is 0 Å². The van der Waals surface area contributed by atoms with Crippen LogP contribution in [-0.4, -0.2) is 29.9 Å². The Hall–Kier alpha value is -1.35. The summed E-state index contributed by atoms with van der Waals surface area (Å²) in [7, 11) is 0. The van der Waals surface area contributed by atoms with Crippen LogP contribution in [0.15, 0.2) is 30.3 Å². The van der Waals surface area contributed by atoms with Gasteiger partial charge in [-0.15, -0.1) is 0 Å². The highest BCUT2D eigenvalue weighted by molar-refractivity contribution is 5.79. The summed E-state index contributed by atoms with van der Waals surface area (Å²) in [5, 5.41) is 3.07. The lowest BCUT2D eigenvalue weighted by Gasteiger charge is -2.34. The largest absolute Gasteiger partial charge is 0.353 e. The van der Waals surface area contributed by atoms with Gasteiger partial charge in [-0.1, -0.05) is 30.3 Å². The van der Waals surface area contributed by atoms with Crippen LogP contribution in [0, 0.1) is 5.92 Å². The fourth-order valence-corrected chi connectivity index (χ4v) is 2.99. The number of benzene rings is 1. The van der Waals surface area contributed by atoms with E-state index in [9.17, 15) is 4.79 Å². The number of amides is 1. The molecule has 17 heavy (non-hydrogen) atoms. The highest BCUT2D eigenvalue weighted by Gasteiger charge is 2.36. The predicted octanol–water partition coefficient (Wildman–Crippen LogP) is 1.40. The van der Waals surface area contributed by atoms with Crippen LogP contribution in [0.2, 0.25) is 0 Å². The molecule has 3 heteroatoms. The Bertz CT molecular complexity index is 404. The van der Waals surface area contributed by atoms with Crippen LogP contribution in [0.5, 0.6) is 0 Å². The van der Waals surface area contributed by atoms with Gasteiger partial charge < -0.3 is 5.32 Å². The molecule has 3 rings (SSSR count). The molecule has 2 atom stereocenters. The molecule has 1 N–H and O–H groups in total. The molecule has 0 aliphatic carbocycles. The summed E-state index contributed by atoms with van der Waals surface area (Å²) >= 11 is 0. The van der Waals surface area contributed by atoms with Crippen molar-refractivity contribution in [2.45, 2.75) is 25.4 Å². The number of carbonyl (C=O) groups excluding carboxylic acids is 1. The third-order valence-electron chi connectivity index (χ3n) is 3.86. The average Bonchev–Trinajstić information content (AvgIpc) is 2.70. The van der Waals surface area contributed by atoms with Gasteiger partial charge in [0.1, 0.15) is 0 Å². The number of nitrogens with one attached hydrogen (secondary N) is 1. The van der Waals surface area contributed by atoms with Crippen molar-refractivity contribution >= 4 is 5.91 Å². The zero-order valence-corrected chi connectivity index (χ0v) is 9.93. The molecule has 0 spiro atoms. The molecule has 0 radical (unpaired) electrons. The standard InChI is InChI=1S/C14H18N2O/c17-14-8-12-10-16(7-6-13(12)15-14)9-11-4-2-1-3-5-11/h1-5,12-13H,6-10H2,(H,15,17)/t12-,13+/m1/s1. The zero-order chi connectivity index (χ0) is 11.7. The first-order chi connectivity index (χ1) is 8.31. The van der Waals surface area contributed by atoms with E-state index in [4.69, 9.17) is 0 Å². The summed E-state index contributed by atoms with van der Waals surface area (Å²) in [4.78, 5) is 13.8. The second-order valence-electron chi connectivity index (χ2n) is 5.15. The fourth-order valence-electron chi connectivity index (χ4n) is 2.99. The van der Waals surface area contributed by atoms with Gasteiger partial charge in [0.05, 0.1) is 0 Å². The maximum atomic E-state index is 11.3. The highest BCUT2D eigenvalue weighted by atomic mass is 16.2. The normalized spacial score (nSPS) is 28.8. The van der Waals surface area contributed by atoms with E-state index in [1.807, 2.05) is 0 Å². The molecule has 90 valence electrons. The highest BCUT2D eigenvalue weighted by Crippen LogP contribution is 2.26. The Morgan fingerprint density at radius 3 is 2.94 bits per heavy atom. The van der Waals surface area contributed by atoms with Crippen LogP contribution in [0.1, 0.15) is 18.4 Å². The van der Waals surface area contributed by atoms with E-state index in [0.29, 0.717) is 12.0 Å². The van der Waals surface area contributed by atoms with Crippen LogP contribution >= 0.6 is 0 Å². The van der Waals surface area contributed by atoms with E-state index in [1.54, 1.807) is 0 Å². The molecule has 2 aliphatic heterocycles. The lowest BCUT2D eigenvalue weighted by atomic mass is 9.93. The van der Waals surface area contributed by atoms with Gasteiger partial charge in [0.2, 0.25) is 5.91 Å². The Labute approximate surface area is 102 Å². The number of hydrogen-bond acceptors (Lipinski definition) is 2. The van der Waals surface area contributed by atoms with E-state index in [0.717, 1.165) is 32.5 Å². The molecule has 0 unspecified atom stereocenters. The van der Waals surface area contributed by atoms with E-state index >= 15 is 0 Å². The smallest absolute Gasteiger partial charge is 0.220 e. The molecule has 2 saturated heterocycles. The third-order valence-corrected chi connectivity index (χ3v) is 3.86. The summed E-state index contributed by atoms with van der Waals surface area (Å²) in [5.41, 5.74) is 1.36. The minimum absolute atomic E-state index is 0.238. The van der Waals surface area contributed by atoms with Crippen molar-refractivity contribution in [2.75, 3.05) is 13.1 Å². The predicted molar refractivity (Wildman–Crippen MR) is 66.4 cm³/mol. The Morgan fingerprint density at radius 2 is 2.12 bits per heavy atom. The molecule has 3 nitrogen and oxygen atoms in total. The SMILES string of the molecule is O=C1C[C@@H]2CN(Cc3ccccc3)CC[C@@H]2N1. The van der Waals surface area contributed by atoms with Gasteiger partial charge in [0.25, 0.3) is 0 Å². The van der Waals surface area contributed by atoms with Crippen molar-refractivity contribution < 1.29 is 4.79 Å². The molecular weight excluding hydrogens is 212 g/mol. The molecule has 2 heterocycles. The monoisotopic (exact) mass is 230 g/mol. The summed E-state index contributed by atoms with van der Waals surface area (Å²) in [6.07, 6.45) is 1.82. The second-order valence-corrected chi connectivity index (χ2v) is 5.15. The number of carbonyl (C=O) groups is 1. The first-order valence-electron chi connectivity index (χ1n) is 6.37. The van der Waals surface area contributed by atoms with Gasteiger partial charge in [-0.3, -0.25) is 9.69 Å². The topological polar surface area (TPSA) is 32.3 Å². The van der Waals surface area contributed by atoms with Gasteiger partial charge >= 0.3 is 0 Å².